The van der Waals surface area contributed by atoms with Gasteiger partial charge in [0.05, 0.1) is 0 Å². The fourth-order valence-electron chi connectivity index (χ4n) is 4.40. The van der Waals surface area contributed by atoms with Gasteiger partial charge in [0.2, 0.25) is 15.9 Å². The molecule has 8 nitrogen and oxygen atoms in total. The number of nitrogens with zero attached hydrogens (tertiary/aromatic N) is 4. The summed E-state index contributed by atoms with van der Waals surface area (Å²) < 4.78 is 32.4. The van der Waals surface area contributed by atoms with E-state index in [0.717, 1.165) is 13.1 Å². The van der Waals surface area contributed by atoms with Crippen molar-refractivity contribution in [3.63, 3.8) is 0 Å². The number of carbonyl (C=O) groups excluding carboxylic acids is 1. The predicted octanol–water partition coefficient (Wildman–Crippen LogP) is 2.04. The Labute approximate surface area is 177 Å². The average Bonchev–Trinajstić information content (AvgIpc) is 3.13. The Morgan fingerprint density at radius 2 is 1.63 bits per heavy atom. The molecule has 2 saturated heterocycles. The highest BCUT2D eigenvalue weighted by molar-refractivity contribution is 7.89. The molecule has 2 aliphatic heterocycles. The van der Waals surface area contributed by atoms with E-state index in [-0.39, 0.29) is 16.7 Å². The van der Waals surface area contributed by atoms with Crippen LogP contribution in [0.2, 0.25) is 0 Å². The Morgan fingerprint density at radius 3 is 2.20 bits per heavy atom. The third-order valence-corrected chi connectivity index (χ3v) is 8.23. The lowest BCUT2D eigenvalue weighted by atomic mass is 9.96. The van der Waals surface area contributed by atoms with Gasteiger partial charge in [-0.15, -0.1) is 0 Å². The van der Waals surface area contributed by atoms with Crippen LogP contribution in [0, 0.1) is 19.8 Å². The van der Waals surface area contributed by atoms with Crippen LogP contribution < -0.4 is 4.90 Å². The van der Waals surface area contributed by atoms with Crippen molar-refractivity contribution in [2.45, 2.75) is 31.6 Å². The molecule has 0 saturated carbocycles. The molecule has 0 unspecified atom stereocenters. The largest absolute Gasteiger partial charge is 0.368 e. The molecule has 2 fully saturated rings. The number of aryl methyl sites for hydroxylation is 2. The summed E-state index contributed by atoms with van der Waals surface area (Å²) in [5.74, 6) is 0.337. The van der Waals surface area contributed by atoms with E-state index in [1.807, 2.05) is 23.1 Å². The molecule has 1 amide bonds. The Bertz CT molecular complexity index is 970. The van der Waals surface area contributed by atoms with Gasteiger partial charge in [0.15, 0.2) is 5.76 Å². The fourth-order valence-corrected chi connectivity index (χ4v) is 6.16. The van der Waals surface area contributed by atoms with Crippen LogP contribution in [0.15, 0.2) is 39.8 Å². The van der Waals surface area contributed by atoms with E-state index in [2.05, 4.69) is 22.2 Å². The van der Waals surface area contributed by atoms with Crippen molar-refractivity contribution in [2.75, 3.05) is 44.2 Å². The van der Waals surface area contributed by atoms with E-state index in [9.17, 15) is 13.2 Å². The molecule has 0 radical (unpaired) electrons. The molecule has 3 heterocycles. The number of hydrogen-bond donors (Lipinski definition) is 0. The smallest absolute Gasteiger partial charge is 0.248 e. The van der Waals surface area contributed by atoms with Gasteiger partial charge in [-0.25, -0.2) is 8.42 Å². The molecule has 0 spiro atoms. The van der Waals surface area contributed by atoms with Crippen molar-refractivity contribution >= 4 is 21.6 Å². The molecule has 4 rings (SSSR count). The number of carbonyl (C=O) groups is 1. The second-order valence-corrected chi connectivity index (χ2v) is 9.85. The lowest BCUT2D eigenvalue weighted by Gasteiger charge is -2.39. The zero-order valence-corrected chi connectivity index (χ0v) is 18.3. The predicted molar refractivity (Wildman–Crippen MR) is 113 cm³/mol. The maximum absolute atomic E-state index is 13.0. The first-order chi connectivity index (χ1) is 14.4. The number of piperidine rings is 1. The summed E-state index contributed by atoms with van der Waals surface area (Å²) in [7, 11) is -3.65. The minimum Gasteiger partial charge on any atom is -0.368 e. The second-order valence-electron chi connectivity index (χ2n) is 7.98. The summed E-state index contributed by atoms with van der Waals surface area (Å²) in [6.07, 6.45) is 1.08. The summed E-state index contributed by atoms with van der Waals surface area (Å²) in [4.78, 5) is 17.4. The minimum absolute atomic E-state index is 0.121. The van der Waals surface area contributed by atoms with Crippen molar-refractivity contribution in [1.29, 1.82) is 0 Å². The normalized spacial score (nSPS) is 19.3. The molecule has 1 aromatic heterocycles. The highest BCUT2D eigenvalue weighted by atomic mass is 32.2. The van der Waals surface area contributed by atoms with Gasteiger partial charge in [0, 0.05) is 50.9 Å². The van der Waals surface area contributed by atoms with Crippen molar-refractivity contribution in [2.24, 2.45) is 5.92 Å². The van der Waals surface area contributed by atoms with Crippen LogP contribution in [0.4, 0.5) is 5.69 Å². The number of hydrogen-bond acceptors (Lipinski definition) is 6. The molecule has 0 atom stereocenters. The molecule has 162 valence electrons. The maximum Gasteiger partial charge on any atom is 0.248 e. The average molecular weight is 433 g/mol. The highest BCUT2D eigenvalue weighted by Gasteiger charge is 2.37. The molecule has 0 N–H and O–H groups in total. The van der Waals surface area contributed by atoms with Gasteiger partial charge >= 0.3 is 0 Å². The van der Waals surface area contributed by atoms with Gasteiger partial charge in [0.1, 0.15) is 10.6 Å². The van der Waals surface area contributed by atoms with E-state index in [0.29, 0.717) is 50.5 Å². The summed E-state index contributed by atoms with van der Waals surface area (Å²) in [6.45, 7) is 6.95. The molecule has 30 heavy (non-hydrogen) atoms. The molecule has 0 aliphatic carbocycles. The SMILES string of the molecule is Cc1noc(C)c1S(=O)(=O)N1CCC(C(=O)N2CCN(c3ccccc3)CC2)CC1. The number of benzene rings is 1. The Kier molecular flexibility index (Phi) is 5.84. The van der Waals surface area contributed by atoms with Crippen LogP contribution in [0.25, 0.3) is 0 Å². The summed E-state index contributed by atoms with van der Waals surface area (Å²) in [6, 6.07) is 10.2. The number of sulfonamides is 1. The van der Waals surface area contributed by atoms with E-state index >= 15 is 0 Å². The van der Waals surface area contributed by atoms with Crippen LogP contribution in [0.1, 0.15) is 24.3 Å². The molecule has 0 bridgehead atoms. The van der Waals surface area contributed by atoms with E-state index in [1.54, 1.807) is 13.8 Å². The fraction of sp³-hybridized carbons (Fsp3) is 0.524. The third kappa shape index (κ3) is 3.96. The molecule has 2 aromatic rings. The number of para-hydroxylation sites is 1. The van der Waals surface area contributed by atoms with Gasteiger partial charge in [0.25, 0.3) is 0 Å². The maximum atomic E-state index is 13.0. The zero-order chi connectivity index (χ0) is 21.3. The van der Waals surface area contributed by atoms with Crippen LogP contribution in [0.3, 0.4) is 0 Å². The lowest BCUT2D eigenvalue weighted by molar-refractivity contribution is -0.137. The quantitative estimate of drug-likeness (QED) is 0.735. The topological polar surface area (TPSA) is 87.0 Å². The Hall–Kier alpha value is -2.39. The van der Waals surface area contributed by atoms with Crippen molar-refractivity contribution in [3.05, 3.63) is 41.8 Å². The Morgan fingerprint density at radius 1 is 1.00 bits per heavy atom. The van der Waals surface area contributed by atoms with Gasteiger partial charge in [-0.1, -0.05) is 23.4 Å². The van der Waals surface area contributed by atoms with E-state index in [4.69, 9.17) is 4.52 Å². The molecule has 2 aliphatic rings. The van der Waals surface area contributed by atoms with E-state index < -0.39 is 10.0 Å². The van der Waals surface area contributed by atoms with Crippen LogP contribution in [-0.4, -0.2) is 68.0 Å². The van der Waals surface area contributed by atoms with Crippen LogP contribution in [0.5, 0.6) is 0 Å². The van der Waals surface area contributed by atoms with E-state index in [1.165, 1.54) is 9.99 Å². The first kappa shape index (κ1) is 20.9. The third-order valence-electron chi connectivity index (χ3n) is 6.08. The van der Waals surface area contributed by atoms with Crippen molar-refractivity contribution in [1.82, 2.24) is 14.4 Å². The number of amides is 1. The Balaban J connectivity index is 1.33. The minimum atomic E-state index is -3.65. The monoisotopic (exact) mass is 432 g/mol. The lowest BCUT2D eigenvalue weighted by Crippen LogP contribution is -2.52. The molecule has 9 heteroatoms. The zero-order valence-electron chi connectivity index (χ0n) is 17.5. The van der Waals surface area contributed by atoms with Gasteiger partial charge in [-0.2, -0.15) is 4.31 Å². The standard InChI is InChI=1S/C21H28N4O4S/c1-16-20(17(2)29-22-16)30(27,28)25-10-8-18(9-11-25)21(26)24-14-12-23(13-15-24)19-6-4-3-5-7-19/h3-7,18H,8-15H2,1-2H3. The summed E-state index contributed by atoms with van der Waals surface area (Å²) >= 11 is 0. The van der Waals surface area contributed by atoms with Crippen LogP contribution >= 0.6 is 0 Å². The second kappa shape index (κ2) is 8.39. The molecular formula is C21H28N4O4S. The van der Waals surface area contributed by atoms with Crippen LogP contribution in [-0.2, 0) is 14.8 Å². The number of anilines is 1. The first-order valence-corrected chi connectivity index (χ1v) is 11.8. The van der Waals surface area contributed by atoms with Crippen molar-refractivity contribution in [3.8, 4) is 0 Å². The van der Waals surface area contributed by atoms with Gasteiger partial charge in [-0.05, 0) is 38.8 Å². The summed E-state index contributed by atoms with van der Waals surface area (Å²) in [5, 5.41) is 3.76. The summed E-state index contributed by atoms with van der Waals surface area (Å²) in [5.41, 5.74) is 1.56. The number of piperazine rings is 1. The first-order valence-electron chi connectivity index (χ1n) is 10.4. The van der Waals surface area contributed by atoms with Crippen molar-refractivity contribution < 1.29 is 17.7 Å². The van der Waals surface area contributed by atoms with Gasteiger partial charge < -0.3 is 14.3 Å². The number of aromatic nitrogens is 1. The number of rotatable bonds is 4. The highest BCUT2D eigenvalue weighted by Crippen LogP contribution is 2.28. The van der Waals surface area contributed by atoms with Gasteiger partial charge in [-0.3, -0.25) is 4.79 Å². The molecule has 1 aromatic carbocycles. The molecular weight excluding hydrogens is 404 g/mol.